The second kappa shape index (κ2) is 9.41. The van der Waals surface area contributed by atoms with Crippen LogP contribution in [0, 0.1) is 5.92 Å². The summed E-state index contributed by atoms with van der Waals surface area (Å²) >= 11 is 0. The highest BCUT2D eigenvalue weighted by Gasteiger charge is 2.24. The van der Waals surface area contributed by atoms with Crippen molar-refractivity contribution in [3.8, 4) is 0 Å². The summed E-state index contributed by atoms with van der Waals surface area (Å²) in [6.07, 6.45) is 4.66. The van der Waals surface area contributed by atoms with Gasteiger partial charge in [0.25, 0.3) is 5.91 Å². The molecule has 0 aliphatic rings. The lowest BCUT2D eigenvalue weighted by atomic mass is 10.0. The van der Waals surface area contributed by atoms with Gasteiger partial charge in [-0.15, -0.1) is 0 Å². The van der Waals surface area contributed by atoms with Gasteiger partial charge in [0.1, 0.15) is 11.7 Å². The number of nitrogens with zero attached hydrogens (tertiary/aromatic N) is 2. The smallest absolute Gasteiger partial charge is 0.272 e. The van der Waals surface area contributed by atoms with E-state index in [9.17, 15) is 14.4 Å². The van der Waals surface area contributed by atoms with E-state index in [1.54, 1.807) is 0 Å². The predicted octanol–water partition coefficient (Wildman–Crippen LogP) is 1.51. The topological polar surface area (TPSA) is 101 Å². The Morgan fingerprint density at radius 2 is 1.81 bits per heavy atom. The van der Waals surface area contributed by atoms with E-state index >= 15 is 0 Å². The highest BCUT2D eigenvalue weighted by molar-refractivity contribution is 6.01. The number of imide groups is 1. The number of carbonyl (C=O) groups excluding carboxylic acids is 3. The fourth-order valence-corrected chi connectivity index (χ4v) is 2.35. The van der Waals surface area contributed by atoms with Crippen molar-refractivity contribution in [2.45, 2.75) is 32.7 Å². The Balaban J connectivity index is 2.11. The van der Waals surface area contributed by atoms with E-state index < -0.39 is 17.9 Å². The molecule has 2 aromatic rings. The van der Waals surface area contributed by atoms with Gasteiger partial charge in [-0.05, 0) is 11.5 Å². The number of carbonyl (C=O) groups is 3. The predicted molar refractivity (Wildman–Crippen MR) is 96.0 cm³/mol. The Morgan fingerprint density at radius 3 is 2.42 bits per heavy atom. The lowest BCUT2D eigenvalue weighted by Crippen LogP contribution is -2.49. The maximum atomic E-state index is 12.5. The Morgan fingerprint density at radius 1 is 1.08 bits per heavy atom. The van der Waals surface area contributed by atoms with E-state index in [0.717, 1.165) is 5.56 Å². The van der Waals surface area contributed by atoms with Gasteiger partial charge in [0.2, 0.25) is 11.8 Å². The molecule has 3 amide bonds. The SMILES string of the molecule is CC(C)CC(=O)NC(=O)[C@@H](Cc1ccccc1)NC(=O)c1cnccn1. The van der Waals surface area contributed by atoms with Gasteiger partial charge in [-0.2, -0.15) is 0 Å². The number of hydrogen-bond donors (Lipinski definition) is 2. The molecule has 0 aliphatic carbocycles. The van der Waals surface area contributed by atoms with Crippen molar-refractivity contribution in [3.05, 3.63) is 60.2 Å². The molecule has 1 heterocycles. The summed E-state index contributed by atoms with van der Waals surface area (Å²) in [5, 5.41) is 4.99. The van der Waals surface area contributed by atoms with Crippen LogP contribution >= 0.6 is 0 Å². The molecule has 7 nitrogen and oxygen atoms in total. The summed E-state index contributed by atoms with van der Waals surface area (Å²) in [6, 6.07) is 8.36. The van der Waals surface area contributed by atoms with Gasteiger partial charge in [-0.25, -0.2) is 4.98 Å². The first-order valence-corrected chi connectivity index (χ1v) is 8.40. The van der Waals surface area contributed by atoms with Gasteiger partial charge in [0, 0.05) is 25.2 Å². The third-order valence-corrected chi connectivity index (χ3v) is 3.56. The fourth-order valence-electron chi connectivity index (χ4n) is 2.35. The highest BCUT2D eigenvalue weighted by Crippen LogP contribution is 2.05. The quantitative estimate of drug-likeness (QED) is 0.785. The average Bonchev–Trinajstić information content (AvgIpc) is 2.62. The molecule has 2 N–H and O–H groups in total. The Hall–Kier alpha value is -3.09. The number of aromatic nitrogens is 2. The molecular formula is C19H22N4O3. The first-order chi connectivity index (χ1) is 12.5. The molecule has 0 fully saturated rings. The van der Waals surface area contributed by atoms with Gasteiger partial charge >= 0.3 is 0 Å². The van der Waals surface area contributed by atoms with Crippen LogP contribution < -0.4 is 10.6 Å². The van der Waals surface area contributed by atoms with Crippen molar-refractivity contribution in [2.24, 2.45) is 5.92 Å². The van der Waals surface area contributed by atoms with Crippen LogP contribution in [0.1, 0.15) is 36.3 Å². The second-order valence-electron chi connectivity index (χ2n) is 6.32. The standard InChI is InChI=1S/C19H22N4O3/c1-13(2)10-17(24)23-18(25)15(11-14-6-4-3-5-7-14)22-19(26)16-12-20-8-9-21-16/h3-9,12-13,15H,10-11H2,1-2H3,(H,22,26)(H,23,24,25)/t15-/m1/s1. The zero-order chi connectivity index (χ0) is 18.9. The minimum atomic E-state index is -0.900. The summed E-state index contributed by atoms with van der Waals surface area (Å²) < 4.78 is 0. The summed E-state index contributed by atoms with van der Waals surface area (Å²) in [6.45, 7) is 3.78. The van der Waals surface area contributed by atoms with Crippen LogP contribution in [0.5, 0.6) is 0 Å². The first-order valence-electron chi connectivity index (χ1n) is 8.40. The van der Waals surface area contributed by atoms with Crippen LogP contribution in [-0.2, 0) is 16.0 Å². The van der Waals surface area contributed by atoms with Crippen molar-refractivity contribution in [1.29, 1.82) is 0 Å². The van der Waals surface area contributed by atoms with Crippen molar-refractivity contribution < 1.29 is 14.4 Å². The van der Waals surface area contributed by atoms with Gasteiger partial charge in [0.05, 0.1) is 6.20 Å². The van der Waals surface area contributed by atoms with Crippen LogP contribution in [0.15, 0.2) is 48.9 Å². The van der Waals surface area contributed by atoms with E-state index in [2.05, 4.69) is 20.6 Å². The zero-order valence-corrected chi connectivity index (χ0v) is 14.8. The maximum Gasteiger partial charge on any atom is 0.272 e. The second-order valence-corrected chi connectivity index (χ2v) is 6.32. The summed E-state index contributed by atoms with van der Waals surface area (Å²) in [7, 11) is 0. The molecule has 0 saturated heterocycles. The Kier molecular flexibility index (Phi) is 6.96. The summed E-state index contributed by atoms with van der Waals surface area (Å²) in [4.78, 5) is 44.5. The van der Waals surface area contributed by atoms with Gasteiger partial charge in [-0.1, -0.05) is 44.2 Å². The van der Waals surface area contributed by atoms with Crippen LogP contribution in [0.4, 0.5) is 0 Å². The fraction of sp³-hybridized carbons (Fsp3) is 0.316. The van der Waals surface area contributed by atoms with Crippen LogP contribution in [0.25, 0.3) is 0 Å². The van der Waals surface area contributed by atoms with Crippen LogP contribution in [-0.4, -0.2) is 33.7 Å². The molecule has 1 atom stereocenters. The van der Waals surface area contributed by atoms with Crippen LogP contribution in [0.2, 0.25) is 0 Å². The maximum absolute atomic E-state index is 12.5. The minimum Gasteiger partial charge on any atom is -0.338 e. The molecule has 7 heteroatoms. The van der Waals surface area contributed by atoms with E-state index in [1.807, 2.05) is 44.2 Å². The lowest BCUT2D eigenvalue weighted by molar-refractivity contribution is -0.131. The van der Waals surface area contributed by atoms with Crippen molar-refractivity contribution in [3.63, 3.8) is 0 Å². The van der Waals surface area contributed by atoms with Gasteiger partial charge in [0.15, 0.2) is 0 Å². The van der Waals surface area contributed by atoms with Crippen molar-refractivity contribution >= 4 is 17.7 Å². The molecule has 26 heavy (non-hydrogen) atoms. The summed E-state index contributed by atoms with van der Waals surface area (Å²) in [5.41, 5.74) is 0.968. The molecular weight excluding hydrogens is 332 g/mol. The molecule has 1 aromatic carbocycles. The molecule has 0 radical (unpaired) electrons. The zero-order valence-electron chi connectivity index (χ0n) is 14.8. The van der Waals surface area contributed by atoms with E-state index in [1.165, 1.54) is 18.6 Å². The lowest BCUT2D eigenvalue weighted by Gasteiger charge is -2.18. The highest BCUT2D eigenvalue weighted by atomic mass is 16.2. The molecule has 0 bridgehead atoms. The van der Waals surface area contributed by atoms with E-state index in [0.29, 0.717) is 0 Å². The molecule has 0 aliphatic heterocycles. The number of rotatable bonds is 7. The number of amides is 3. The number of benzene rings is 1. The van der Waals surface area contributed by atoms with Gasteiger partial charge < -0.3 is 5.32 Å². The van der Waals surface area contributed by atoms with E-state index in [4.69, 9.17) is 0 Å². The Labute approximate surface area is 152 Å². The first kappa shape index (κ1) is 19.2. The Bertz CT molecular complexity index is 748. The minimum absolute atomic E-state index is 0.104. The summed E-state index contributed by atoms with van der Waals surface area (Å²) in [5.74, 6) is -1.30. The largest absolute Gasteiger partial charge is 0.338 e. The number of hydrogen-bond acceptors (Lipinski definition) is 5. The number of nitrogens with one attached hydrogen (secondary N) is 2. The third-order valence-electron chi connectivity index (χ3n) is 3.56. The average molecular weight is 354 g/mol. The van der Waals surface area contributed by atoms with Crippen molar-refractivity contribution in [1.82, 2.24) is 20.6 Å². The van der Waals surface area contributed by atoms with Crippen molar-refractivity contribution in [2.75, 3.05) is 0 Å². The molecule has 0 unspecified atom stereocenters. The monoisotopic (exact) mass is 354 g/mol. The molecule has 0 spiro atoms. The van der Waals surface area contributed by atoms with E-state index in [-0.39, 0.29) is 30.4 Å². The molecule has 2 rings (SSSR count). The van der Waals surface area contributed by atoms with Gasteiger partial charge in [-0.3, -0.25) is 24.7 Å². The normalized spacial score (nSPS) is 11.7. The molecule has 0 saturated carbocycles. The molecule has 136 valence electrons. The molecule has 1 aromatic heterocycles. The third kappa shape index (κ3) is 6.08. The van der Waals surface area contributed by atoms with Crippen LogP contribution in [0.3, 0.4) is 0 Å².